The van der Waals surface area contributed by atoms with E-state index < -0.39 is 0 Å². The van der Waals surface area contributed by atoms with Gasteiger partial charge < -0.3 is 15.4 Å². The molecule has 1 fully saturated rings. The van der Waals surface area contributed by atoms with Crippen LogP contribution >= 0.6 is 0 Å². The van der Waals surface area contributed by atoms with E-state index in [0.29, 0.717) is 12.1 Å². The van der Waals surface area contributed by atoms with Gasteiger partial charge in [0.1, 0.15) is 0 Å². The topological polar surface area (TPSA) is 38.5 Å². The zero-order valence-electron chi connectivity index (χ0n) is 12.0. The van der Waals surface area contributed by atoms with Gasteiger partial charge in [-0.15, -0.1) is 0 Å². The molecule has 0 aliphatic carbocycles. The molecule has 0 aromatic heterocycles. The van der Waals surface area contributed by atoms with Crippen molar-refractivity contribution >= 4 is 0 Å². The van der Waals surface area contributed by atoms with E-state index in [9.17, 15) is 0 Å². The van der Waals surface area contributed by atoms with Crippen LogP contribution in [-0.4, -0.2) is 43.3 Å². The second-order valence-corrected chi connectivity index (χ2v) is 6.26. The molecule has 0 spiro atoms. The minimum atomic E-state index is 0.226. The zero-order valence-corrected chi connectivity index (χ0v) is 12.0. The molecule has 102 valence electrons. The summed E-state index contributed by atoms with van der Waals surface area (Å²) in [5.41, 5.74) is 6.42. The average Bonchev–Trinajstić information content (AvgIpc) is 2.27. The van der Waals surface area contributed by atoms with Crippen molar-refractivity contribution in [1.82, 2.24) is 4.90 Å². The van der Waals surface area contributed by atoms with Gasteiger partial charge in [-0.05, 0) is 38.1 Å². The third kappa shape index (κ3) is 5.36. The van der Waals surface area contributed by atoms with Crippen molar-refractivity contribution in [3.63, 3.8) is 0 Å². The van der Waals surface area contributed by atoms with Crippen LogP contribution in [0.5, 0.6) is 0 Å². The second kappa shape index (κ2) is 6.72. The maximum Gasteiger partial charge on any atom is 0.0599 e. The first-order chi connectivity index (χ1) is 7.93. The van der Waals surface area contributed by atoms with Gasteiger partial charge >= 0.3 is 0 Å². The normalized spacial score (nSPS) is 21.7. The maximum atomic E-state index is 6.19. The average molecular weight is 242 g/mol. The molecule has 17 heavy (non-hydrogen) atoms. The van der Waals surface area contributed by atoms with Gasteiger partial charge in [0.05, 0.1) is 6.10 Å². The molecule has 0 bridgehead atoms. The van der Waals surface area contributed by atoms with Gasteiger partial charge in [-0.2, -0.15) is 0 Å². The van der Waals surface area contributed by atoms with E-state index >= 15 is 0 Å². The first kappa shape index (κ1) is 14.9. The van der Waals surface area contributed by atoms with Crippen LogP contribution in [0.1, 0.15) is 47.0 Å². The van der Waals surface area contributed by atoms with E-state index in [2.05, 4.69) is 32.6 Å². The van der Waals surface area contributed by atoms with Gasteiger partial charge in [0.15, 0.2) is 0 Å². The van der Waals surface area contributed by atoms with Crippen molar-refractivity contribution in [3.8, 4) is 0 Å². The summed E-state index contributed by atoms with van der Waals surface area (Å²) in [6, 6.07) is 0.298. The molecular weight excluding hydrogens is 212 g/mol. The number of piperidine rings is 1. The van der Waals surface area contributed by atoms with Crippen molar-refractivity contribution in [1.29, 1.82) is 0 Å². The predicted octanol–water partition coefficient (Wildman–Crippen LogP) is 2.25. The molecule has 1 atom stereocenters. The third-order valence-corrected chi connectivity index (χ3v) is 3.81. The highest BCUT2D eigenvalue weighted by Gasteiger charge is 2.23. The SMILES string of the molecule is CCOC1CCN(CCC(N)C(C)(C)C)CC1. The number of hydrogen-bond donors (Lipinski definition) is 1. The Balaban J connectivity index is 2.18. The summed E-state index contributed by atoms with van der Waals surface area (Å²) in [6.07, 6.45) is 3.95. The van der Waals surface area contributed by atoms with E-state index in [1.807, 2.05) is 0 Å². The third-order valence-electron chi connectivity index (χ3n) is 3.81. The Morgan fingerprint density at radius 2 is 1.88 bits per heavy atom. The van der Waals surface area contributed by atoms with Crippen molar-refractivity contribution in [2.24, 2.45) is 11.1 Å². The van der Waals surface area contributed by atoms with E-state index in [4.69, 9.17) is 10.5 Å². The molecule has 2 N–H and O–H groups in total. The number of nitrogens with two attached hydrogens (primary N) is 1. The fourth-order valence-electron chi connectivity index (χ4n) is 2.29. The molecule has 1 heterocycles. The molecule has 3 heteroatoms. The van der Waals surface area contributed by atoms with Gasteiger partial charge in [-0.1, -0.05) is 20.8 Å². The van der Waals surface area contributed by atoms with Crippen LogP contribution in [0.2, 0.25) is 0 Å². The first-order valence-corrected chi connectivity index (χ1v) is 7.03. The second-order valence-electron chi connectivity index (χ2n) is 6.26. The number of ether oxygens (including phenoxy) is 1. The largest absolute Gasteiger partial charge is 0.378 e. The molecule has 3 nitrogen and oxygen atoms in total. The minimum Gasteiger partial charge on any atom is -0.378 e. The quantitative estimate of drug-likeness (QED) is 0.803. The lowest BCUT2D eigenvalue weighted by atomic mass is 9.85. The number of rotatable bonds is 5. The molecule has 0 aromatic carbocycles. The predicted molar refractivity (Wildman–Crippen MR) is 73.1 cm³/mol. The Morgan fingerprint density at radius 1 is 1.29 bits per heavy atom. The summed E-state index contributed by atoms with van der Waals surface area (Å²) < 4.78 is 5.66. The van der Waals surface area contributed by atoms with Crippen LogP contribution in [0.3, 0.4) is 0 Å². The van der Waals surface area contributed by atoms with Crippen molar-refractivity contribution in [2.45, 2.75) is 59.1 Å². The Labute approximate surface area is 107 Å². The minimum absolute atomic E-state index is 0.226. The summed E-state index contributed by atoms with van der Waals surface area (Å²) >= 11 is 0. The molecule has 0 radical (unpaired) electrons. The Kier molecular flexibility index (Phi) is 5.90. The summed E-state index contributed by atoms with van der Waals surface area (Å²) in [4.78, 5) is 2.53. The lowest BCUT2D eigenvalue weighted by Gasteiger charge is -2.34. The lowest BCUT2D eigenvalue weighted by Crippen LogP contribution is -2.42. The Bertz CT molecular complexity index is 205. The van der Waals surface area contributed by atoms with E-state index in [1.54, 1.807) is 0 Å². The first-order valence-electron chi connectivity index (χ1n) is 7.03. The van der Waals surface area contributed by atoms with Crippen LogP contribution < -0.4 is 5.73 Å². The highest BCUT2D eigenvalue weighted by molar-refractivity contribution is 4.79. The van der Waals surface area contributed by atoms with Gasteiger partial charge in [0, 0.05) is 25.7 Å². The summed E-state index contributed by atoms with van der Waals surface area (Å²) in [7, 11) is 0. The number of nitrogens with zero attached hydrogens (tertiary/aromatic N) is 1. The van der Waals surface area contributed by atoms with Crippen LogP contribution in [0.25, 0.3) is 0 Å². The van der Waals surface area contributed by atoms with Crippen molar-refractivity contribution < 1.29 is 4.74 Å². The standard InChI is InChI=1S/C14H30N2O/c1-5-17-12-6-9-16(10-7-12)11-8-13(15)14(2,3)4/h12-13H,5-11,15H2,1-4H3. The fourth-order valence-corrected chi connectivity index (χ4v) is 2.29. The monoisotopic (exact) mass is 242 g/mol. The number of likely N-dealkylation sites (tertiary alicyclic amines) is 1. The highest BCUT2D eigenvalue weighted by atomic mass is 16.5. The van der Waals surface area contributed by atoms with Gasteiger partial charge in [0.2, 0.25) is 0 Å². The smallest absolute Gasteiger partial charge is 0.0599 e. The summed E-state index contributed by atoms with van der Waals surface area (Å²) in [5.74, 6) is 0. The fraction of sp³-hybridized carbons (Fsp3) is 1.00. The van der Waals surface area contributed by atoms with Crippen LogP contribution in [0.15, 0.2) is 0 Å². The molecule has 1 aliphatic rings. The van der Waals surface area contributed by atoms with E-state index in [0.717, 1.165) is 19.6 Å². The zero-order chi connectivity index (χ0) is 12.9. The molecule has 1 saturated heterocycles. The molecule has 1 aliphatic heterocycles. The van der Waals surface area contributed by atoms with Crippen molar-refractivity contribution in [3.05, 3.63) is 0 Å². The van der Waals surface area contributed by atoms with E-state index in [-0.39, 0.29) is 5.41 Å². The molecule has 0 aromatic rings. The van der Waals surface area contributed by atoms with E-state index in [1.165, 1.54) is 25.9 Å². The van der Waals surface area contributed by atoms with Gasteiger partial charge in [0.25, 0.3) is 0 Å². The van der Waals surface area contributed by atoms with Crippen LogP contribution in [-0.2, 0) is 4.74 Å². The molecule has 0 amide bonds. The molecule has 1 unspecified atom stereocenters. The maximum absolute atomic E-state index is 6.19. The van der Waals surface area contributed by atoms with Crippen molar-refractivity contribution in [2.75, 3.05) is 26.2 Å². The highest BCUT2D eigenvalue weighted by Crippen LogP contribution is 2.21. The van der Waals surface area contributed by atoms with Crippen LogP contribution in [0.4, 0.5) is 0 Å². The van der Waals surface area contributed by atoms with Gasteiger partial charge in [-0.25, -0.2) is 0 Å². The van der Waals surface area contributed by atoms with Crippen LogP contribution in [0, 0.1) is 5.41 Å². The lowest BCUT2D eigenvalue weighted by molar-refractivity contribution is 0.0131. The molecular formula is C14H30N2O. The molecule has 0 saturated carbocycles. The Morgan fingerprint density at radius 3 is 2.35 bits per heavy atom. The Hall–Kier alpha value is -0.120. The molecule has 1 rings (SSSR count). The summed E-state index contributed by atoms with van der Waals surface area (Å²) in [6.45, 7) is 13.1. The number of hydrogen-bond acceptors (Lipinski definition) is 3. The summed E-state index contributed by atoms with van der Waals surface area (Å²) in [5, 5.41) is 0. The van der Waals surface area contributed by atoms with Gasteiger partial charge in [-0.3, -0.25) is 0 Å².